The molecule has 0 aliphatic rings. The zero-order valence-electron chi connectivity index (χ0n) is 12.2. The van der Waals surface area contributed by atoms with Crippen molar-refractivity contribution in [3.8, 4) is 11.5 Å². The molecule has 0 radical (unpaired) electrons. The van der Waals surface area contributed by atoms with Gasteiger partial charge in [-0.05, 0) is 36.8 Å². The molecule has 0 aliphatic heterocycles. The molecular weight excluding hydrogens is 288 g/mol. The average Bonchev–Trinajstić information content (AvgIpc) is 2.48. The Morgan fingerprint density at radius 1 is 1.14 bits per heavy atom. The number of benzene rings is 2. The summed E-state index contributed by atoms with van der Waals surface area (Å²) in [7, 11) is 1.61. The van der Waals surface area contributed by atoms with Crippen LogP contribution in [0.3, 0.4) is 0 Å². The van der Waals surface area contributed by atoms with Gasteiger partial charge in [-0.2, -0.15) is 0 Å². The highest BCUT2D eigenvalue weighted by Gasteiger charge is 2.09. The van der Waals surface area contributed by atoms with Gasteiger partial charge in [-0.25, -0.2) is 0 Å². The molecule has 2 aromatic carbocycles. The number of hydrogen-bond acceptors (Lipinski definition) is 4. The van der Waals surface area contributed by atoms with E-state index in [2.05, 4.69) is 12.2 Å². The van der Waals surface area contributed by atoms with E-state index in [0.717, 1.165) is 17.8 Å². The number of anilines is 3. The Bertz CT molecular complexity index is 617. The lowest BCUT2D eigenvalue weighted by molar-refractivity contribution is 0.319. The van der Waals surface area contributed by atoms with Crippen LogP contribution in [0.5, 0.6) is 11.5 Å². The van der Waals surface area contributed by atoms with E-state index in [-0.39, 0.29) is 0 Å². The van der Waals surface area contributed by atoms with Crippen LogP contribution in [0.15, 0.2) is 36.4 Å². The lowest BCUT2D eigenvalue weighted by Crippen LogP contribution is -2.03. The third kappa shape index (κ3) is 3.73. The summed E-state index contributed by atoms with van der Waals surface area (Å²) in [5.74, 6) is 1.36. The quantitative estimate of drug-likeness (QED) is 0.773. The third-order valence-electron chi connectivity index (χ3n) is 2.96. The molecule has 0 amide bonds. The second kappa shape index (κ2) is 7.09. The molecule has 2 aromatic rings. The van der Waals surface area contributed by atoms with Crippen molar-refractivity contribution >= 4 is 28.7 Å². The zero-order chi connectivity index (χ0) is 15.2. The number of ether oxygens (including phenoxy) is 2. The molecule has 4 nitrogen and oxygen atoms in total. The summed E-state index contributed by atoms with van der Waals surface area (Å²) in [6, 6.07) is 11.0. The molecule has 0 spiro atoms. The highest BCUT2D eigenvalue weighted by atomic mass is 35.5. The van der Waals surface area contributed by atoms with Crippen molar-refractivity contribution in [1.82, 2.24) is 0 Å². The Morgan fingerprint density at radius 2 is 1.95 bits per heavy atom. The van der Waals surface area contributed by atoms with Crippen molar-refractivity contribution in [3.63, 3.8) is 0 Å². The molecule has 0 saturated heterocycles. The van der Waals surface area contributed by atoms with Crippen LogP contribution in [-0.4, -0.2) is 13.7 Å². The number of para-hydroxylation sites is 1. The first-order chi connectivity index (χ1) is 10.2. The van der Waals surface area contributed by atoms with Gasteiger partial charge in [0.2, 0.25) is 0 Å². The lowest BCUT2D eigenvalue weighted by atomic mass is 10.2. The fourth-order valence-electron chi connectivity index (χ4n) is 1.91. The van der Waals surface area contributed by atoms with Crippen molar-refractivity contribution < 1.29 is 9.47 Å². The van der Waals surface area contributed by atoms with E-state index in [1.807, 2.05) is 18.2 Å². The van der Waals surface area contributed by atoms with Crippen LogP contribution in [0, 0.1) is 0 Å². The van der Waals surface area contributed by atoms with Gasteiger partial charge in [-0.3, -0.25) is 0 Å². The second-order valence-electron chi connectivity index (χ2n) is 4.54. The molecular formula is C16H19ClN2O2. The Kier molecular flexibility index (Phi) is 5.17. The largest absolute Gasteiger partial charge is 0.495 e. The average molecular weight is 307 g/mol. The van der Waals surface area contributed by atoms with Crippen molar-refractivity contribution in [1.29, 1.82) is 0 Å². The predicted molar refractivity (Wildman–Crippen MR) is 87.9 cm³/mol. The Morgan fingerprint density at radius 3 is 2.67 bits per heavy atom. The summed E-state index contributed by atoms with van der Waals surface area (Å²) < 4.78 is 10.9. The third-order valence-corrected chi connectivity index (χ3v) is 3.19. The molecule has 0 fully saturated rings. The number of hydrogen-bond donors (Lipinski definition) is 2. The van der Waals surface area contributed by atoms with Gasteiger partial charge < -0.3 is 20.5 Å². The van der Waals surface area contributed by atoms with E-state index in [4.69, 9.17) is 26.8 Å². The van der Waals surface area contributed by atoms with Crippen LogP contribution in [0.25, 0.3) is 0 Å². The zero-order valence-corrected chi connectivity index (χ0v) is 12.9. The Labute approximate surface area is 129 Å². The first-order valence-electron chi connectivity index (χ1n) is 6.77. The topological polar surface area (TPSA) is 56.5 Å². The van der Waals surface area contributed by atoms with Gasteiger partial charge in [0.25, 0.3) is 0 Å². The molecule has 2 rings (SSSR count). The van der Waals surface area contributed by atoms with Gasteiger partial charge in [0, 0.05) is 5.02 Å². The standard InChI is InChI=1S/C16H19ClN2O2/c1-3-9-21-15-6-4-5-12(16(15)18)19-13-10-11(17)7-8-14(13)20-2/h4-8,10,19H,3,9,18H2,1-2H3. The molecule has 21 heavy (non-hydrogen) atoms. The predicted octanol–water partition coefficient (Wildman–Crippen LogP) is 4.46. The summed E-state index contributed by atoms with van der Waals surface area (Å²) in [4.78, 5) is 0. The SMILES string of the molecule is CCCOc1cccc(Nc2cc(Cl)ccc2OC)c1N. The molecule has 112 valence electrons. The molecule has 0 atom stereocenters. The first-order valence-corrected chi connectivity index (χ1v) is 7.15. The van der Waals surface area contributed by atoms with Gasteiger partial charge in [0.05, 0.1) is 30.8 Å². The second-order valence-corrected chi connectivity index (χ2v) is 4.97. The summed E-state index contributed by atoms with van der Waals surface area (Å²) in [6.07, 6.45) is 0.930. The summed E-state index contributed by atoms with van der Waals surface area (Å²) in [6.45, 7) is 2.68. The van der Waals surface area contributed by atoms with Gasteiger partial charge in [0.15, 0.2) is 0 Å². The molecule has 5 heteroatoms. The van der Waals surface area contributed by atoms with Crippen LogP contribution in [0.4, 0.5) is 17.1 Å². The fourth-order valence-corrected chi connectivity index (χ4v) is 2.09. The van der Waals surface area contributed by atoms with E-state index in [1.54, 1.807) is 25.3 Å². The molecule has 0 saturated carbocycles. The summed E-state index contributed by atoms with van der Waals surface area (Å²) in [5, 5.41) is 3.86. The molecule has 0 aromatic heterocycles. The minimum absolute atomic E-state index is 0.563. The van der Waals surface area contributed by atoms with Crippen molar-refractivity contribution in [2.45, 2.75) is 13.3 Å². The maximum atomic E-state index is 6.14. The number of nitrogen functional groups attached to an aromatic ring is 1. The number of nitrogens with one attached hydrogen (secondary N) is 1. The van der Waals surface area contributed by atoms with Gasteiger partial charge >= 0.3 is 0 Å². The van der Waals surface area contributed by atoms with Crippen molar-refractivity contribution in [3.05, 3.63) is 41.4 Å². The van der Waals surface area contributed by atoms with Crippen LogP contribution < -0.4 is 20.5 Å². The van der Waals surface area contributed by atoms with Crippen molar-refractivity contribution in [2.75, 3.05) is 24.8 Å². The van der Waals surface area contributed by atoms with E-state index in [9.17, 15) is 0 Å². The monoisotopic (exact) mass is 306 g/mol. The molecule has 0 bridgehead atoms. The van der Waals surface area contributed by atoms with E-state index in [1.165, 1.54) is 0 Å². The molecule has 0 heterocycles. The Hall–Kier alpha value is -2.07. The van der Waals surface area contributed by atoms with Crippen LogP contribution in [0.1, 0.15) is 13.3 Å². The number of rotatable bonds is 6. The smallest absolute Gasteiger partial charge is 0.144 e. The minimum Gasteiger partial charge on any atom is -0.495 e. The fraction of sp³-hybridized carbons (Fsp3) is 0.250. The maximum Gasteiger partial charge on any atom is 0.144 e. The molecule has 0 unspecified atom stereocenters. The highest BCUT2D eigenvalue weighted by molar-refractivity contribution is 6.31. The number of nitrogens with two attached hydrogens (primary N) is 1. The minimum atomic E-state index is 0.563. The first kappa shape index (κ1) is 15.3. The molecule has 0 aliphatic carbocycles. The van der Waals surface area contributed by atoms with E-state index < -0.39 is 0 Å². The van der Waals surface area contributed by atoms with Crippen molar-refractivity contribution in [2.24, 2.45) is 0 Å². The van der Waals surface area contributed by atoms with E-state index in [0.29, 0.717) is 28.8 Å². The van der Waals surface area contributed by atoms with Gasteiger partial charge in [0.1, 0.15) is 11.5 Å². The Balaban J connectivity index is 2.29. The lowest BCUT2D eigenvalue weighted by Gasteiger charge is -2.15. The number of methoxy groups -OCH3 is 1. The maximum absolute atomic E-state index is 6.14. The van der Waals surface area contributed by atoms with Gasteiger partial charge in [-0.15, -0.1) is 0 Å². The van der Waals surface area contributed by atoms with Crippen LogP contribution in [-0.2, 0) is 0 Å². The number of halogens is 1. The van der Waals surface area contributed by atoms with E-state index >= 15 is 0 Å². The highest BCUT2D eigenvalue weighted by Crippen LogP contribution is 2.35. The normalized spacial score (nSPS) is 10.2. The summed E-state index contributed by atoms with van der Waals surface area (Å²) >= 11 is 6.03. The summed E-state index contributed by atoms with van der Waals surface area (Å²) in [5.41, 5.74) is 8.21. The van der Waals surface area contributed by atoms with Gasteiger partial charge in [-0.1, -0.05) is 24.6 Å². The molecule has 3 N–H and O–H groups in total. The van der Waals surface area contributed by atoms with Crippen LogP contribution >= 0.6 is 11.6 Å². The van der Waals surface area contributed by atoms with Crippen LogP contribution in [0.2, 0.25) is 5.02 Å².